The van der Waals surface area contributed by atoms with Crippen LogP contribution >= 0.6 is 0 Å². The van der Waals surface area contributed by atoms with Crippen molar-refractivity contribution >= 4 is 15.7 Å². The number of nitrogens with two attached hydrogens (primary N) is 1. The highest BCUT2D eigenvalue weighted by molar-refractivity contribution is 7.89. The number of benzene rings is 1. The summed E-state index contributed by atoms with van der Waals surface area (Å²) in [6.07, 6.45) is 0. The Kier molecular flexibility index (Phi) is 5.51. The molecule has 0 unspecified atom stereocenters. The molecule has 0 radical (unpaired) electrons. The fourth-order valence-electron chi connectivity index (χ4n) is 1.82. The van der Waals surface area contributed by atoms with E-state index in [1.165, 1.54) is 29.6 Å². The standard InChI is InChI=1S/C13H19N3O3S/c1-10(2)16(6-7-19-3)20(17,18)13-5-4-11(9-14)8-12(13)15/h4-5,8,10H,6-7,15H2,1-3H3. The van der Waals surface area contributed by atoms with Crippen LogP contribution in [0.4, 0.5) is 5.69 Å². The van der Waals surface area contributed by atoms with E-state index in [0.717, 1.165) is 0 Å². The molecule has 0 aliphatic heterocycles. The van der Waals surface area contributed by atoms with Gasteiger partial charge in [0.2, 0.25) is 10.0 Å². The van der Waals surface area contributed by atoms with Gasteiger partial charge in [-0.05, 0) is 32.0 Å². The first-order valence-corrected chi connectivity index (χ1v) is 7.59. The largest absolute Gasteiger partial charge is 0.398 e. The van der Waals surface area contributed by atoms with Gasteiger partial charge < -0.3 is 10.5 Å². The first-order chi connectivity index (χ1) is 9.34. The first-order valence-electron chi connectivity index (χ1n) is 6.15. The van der Waals surface area contributed by atoms with Gasteiger partial charge in [-0.1, -0.05) is 0 Å². The van der Waals surface area contributed by atoms with Crippen LogP contribution in [-0.2, 0) is 14.8 Å². The number of ether oxygens (including phenoxy) is 1. The summed E-state index contributed by atoms with van der Waals surface area (Å²) in [6.45, 7) is 4.11. The number of hydrogen-bond acceptors (Lipinski definition) is 5. The van der Waals surface area contributed by atoms with E-state index in [2.05, 4.69) is 0 Å². The highest BCUT2D eigenvalue weighted by Crippen LogP contribution is 2.24. The molecule has 0 bridgehead atoms. The molecule has 1 aromatic rings. The monoisotopic (exact) mass is 297 g/mol. The normalized spacial score (nSPS) is 11.8. The number of nitrogen functional groups attached to an aromatic ring is 1. The van der Waals surface area contributed by atoms with Crippen molar-refractivity contribution in [2.24, 2.45) is 0 Å². The molecule has 0 spiro atoms. The van der Waals surface area contributed by atoms with Gasteiger partial charge >= 0.3 is 0 Å². The van der Waals surface area contributed by atoms with Crippen LogP contribution in [0.1, 0.15) is 19.4 Å². The average molecular weight is 297 g/mol. The summed E-state index contributed by atoms with van der Waals surface area (Å²) in [6, 6.07) is 5.88. The Labute approximate surface area is 119 Å². The molecule has 2 N–H and O–H groups in total. The molecule has 0 amide bonds. The summed E-state index contributed by atoms with van der Waals surface area (Å²) in [5.74, 6) is 0. The molecule has 0 aliphatic carbocycles. The summed E-state index contributed by atoms with van der Waals surface area (Å²) in [4.78, 5) is 0.0151. The molecule has 6 nitrogen and oxygen atoms in total. The molecule has 7 heteroatoms. The summed E-state index contributed by atoms with van der Waals surface area (Å²) in [5, 5.41) is 8.79. The van der Waals surface area contributed by atoms with Crippen molar-refractivity contribution in [3.05, 3.63) is 23.8 Å². The zero-order chi connectivity index (χ0) is 15.3. The zero-order valence-electron chi connectivity index (χ0n) is 11.8. The Balaban J connectivity index is 3.23. The van der Waals surface area contributed by atoms with E-state index in [-0.39, 0.29) is 23.2 Å². The third-order valence-corrected chi connectivity index (χ3v) is 4.97. The highest BCUT2D eigenvalue weighted by atomic mass is 32.2. The van der Waals surface area contributed by atoms with Crippen molar-refractivity contribution in [3.63, 3.8) is 0 Å². The minimum atomic E-state index is -3.71. The van der Waals surface area contributed by atoms with E-state index in [1.807, 2.05) is 6.07 Å². The molecule has 0 atom stereocenters. The van der Waals surface area contributed by atoms with Gasteiger partial charge in [-0.3, -0.25) is 0 Å². The molecule has 0 aromatic heterocycles. The van der Waals surface area contributed by atoms with Gasteiger partial charge in [-0.25, -0.2) is 8.42 Å². The quantitative estimate of drug-likeness (QED) is 0.795. The van der Waals surface area contributed by atoms with E-state index in [4.69, 9.17) is 15.7 Å². The van der Waals surface area contributed by atoms with E-state index in [9.17, 15) is 8.42 Å². The summed E-state index contributed by atoms with van der Waals surface area (Å²) in [7, 11) is -2.19. The lowest BCUT2D eigenvalue weighted by Crippen LogP contribution is -2.39. The molecule has 0 aliphatic rings. The third kappa shape index (κ3) is 3.48. The number of anilines is 1. The molecule has 1 aromatic carbocycles. The number of nitriles is 1. The molecule has 1 rings (SSSR count). The lowest BCUT2D eigenvalue weighted by atomic mass is 10.2. The molecular formula is C13H19N3O3S. The van der Waals surface area contributed by atoms with Gasteiger partial charge in [0, 0.05) is 19.7 Å². The molecule has 0 saturated carbocycles. The maximum Gasteiger partial charge on any atom is 0.245 e. The lowest BCUT2D eigenvalue weighted by molar-refractivity contribution is 0.171. The fourth-order valence-corrected chi connectivity index (χ4v) is 3.54. The fraction of sp³-hybridized carbons (Fsp3) is 0.462. The molecular weight excluding hydrogens is 278 g/mol. The van der Waals surface area contributed by atoms with Crippen molar-refractivity contribution in [1.29, 1.82) is 5.26 Å². The maximum absolute atomic E-state index is 12.6. The predicted molar refractivity (Wildman–Crippen MR) is 76.5 cm³/mol. The van der Waals surface area contributed by atoms with Crippen LogP contribution in [0.3, 0.4) is 0 Å². The van der Waals surface area contributed by atoms with Gasteiger partial charge in [0.25, 0.3) is 0 Å². The van der Waals surface area contributed by atoms with E-state index in [0.29, 0.717) is 12.2 Å². The number of sulfonamides is 1. The topological polar surface area (TPSA) is 96.4 Å². The van der Waals surface area contributed by atoms with Crippen molar-refractivity contribution in [3.8, 4) is 6.07 Å². The Morgan fingerprint density at radius 3 is 2.55 bits per heavy atom. The average Bonchev–Trinajstić information content (AvgIpc) is 2.37. The number of rotatable bonds is 6. The number of methoxy groups -OCH3 is 1. The van der Waals surface area contributed by atoms with Crippen LogP contribution in [0, 0.1) is 11.3 Å². The third-order valence-electron chi connectivity index (χ3n) is 2.82. The molecule has 0 saturated heterocycles. The van der Waals surface area contributed by atoms with E-state index < -0.39 is 10.0 Å². The minimum Gasteiger partial charge on any atom is -0.398 e. The Hall–Kier alpha value is -1.62. The van der Waals surface area contributed by atoms with Crippen LogP contribution in [0.2, 0.25) is 0 Å². The summed E-state index contributed by atoms with van der Waals surface area (Å²) in [5.41, 5.74) is 6.17. The Morgan fingerprint density at radius 2 is 2.10 bits per heavy atom. The minimum absolute atomic E-state index is 0.0151. The van der Waals surface area contributed by atoms with Gasteiger partial charge in [0.1, 0.15) is 4.90 Å². The van der Waals surface area contributed by atoms with Crippen molar-refractivity contribution in [2.45, 2.75) is 24.8 Å². The second-order valence-electron chi connectivity index (χ2n) is 4.57. The smallest absolute Gasteiger partial charge is 0.245 e. The first kappa shape index (κ1) is 16.4. The molecule has 0 heterocycles. The van der Waals surface area contributed by atoms with Crippen LogP contribution in [0.5, 0.6) is 0 Å². The second kappa shape index (κ2) is 6.70. The Bertz CT molecular complexity index is 606. The van der Waals surface area contributed by atoms with Crippen LogP contribution in [-0.4, -0.2) is 39.0 Å². The second-order valence-corrected chi connectivity index (χ2v) is 6.43. The summed E-state index contributed by atoms with van der Waals surface area (Å²) >= 11 is 0. The molecule has 0 fully saturated rings. The maximum atomic E-state index is 12.6. The van der Waals surface area contributed by atoms with E-state index >= 15 is 0 Å². The van der Waals surface area contributed by atoms with Crippen LogP contribution < -0.4 is 5.73 Å². The van der Waals surface area contributed by atoms with Crippen LogP contribution in [0.25, 0.3) is 0 Å². The zero-order valence-corrected chi connectivity index (χ0v) is 12.6. The molecule has 20 heavy (non-hydrogen) atoms. The number of nitrogens with zero attached hydrogens (tertiary/aromatic N) is 2. The van der Waals surface area contributed by atoms with Gasteiger partial charge in [-0.2, -0.15) is 9.57 Å². The number of hydrogen-bond donors (Lipinski definition) is 1. The van der Waals surface area contributed by atoms with Crippen molar-refractivity contribution in [2.75, 3.05) is 26.0 Å². The van der Waals surface area contributed by atoms with E-state index in [1.54, 1.807) is 13.8 Å². The molecule has 110 valence electrons. The predicted octanol–water partition coefficient (Wildman–Crippen LogP) is 1.19. The summed E-state index contributed by atoms with van der Waals surface area (Å²) < 4.78 is 31.5. The van der Waals surface area contributed by atoms with Gasteiger partial charge in [-0.15, -0.1) is 0 Å². The van der Waals surface area contributed by atoms with Crippen LogP contribution in [0.15, 0.2) is 23.1 Å². The van der Waals surface area contributed by atoms with Gasteiger partial charge in [0.15, 0.2) is 0 Å². The highest BCUT2D eigenvalue weighted by Gasteiger charge is 2.28. The van der Waals surface area contributed by atoms with Crippen molar-refractivity contribution < 1.29 is 13.2 Å². The van der Waals surface area contributed by atoms with Gasteiger partial charge in [0.05, 0.1) is 23.9 Å². The SMILES string of the molecule is COCCN(C(C)C)S(=O)(=O)c1ccc(C#N)cc1N. The van der Waals surface area contributed by atoms with Crippen molar-refractivity contribution in [1.82, 2.24) is 4.31 Å². The lowest BCUT2D eigenvalue weighted by Gasteiger charge is -2.26. The Morgan fingerprint density at radius 1 is 1.45 bits per heavy atom.